The molecule has 1 aliphatic heterocycles. The summed E-state index contributed by atoms with van der Waals surface area (Å²) in [4.78, 5) is 19.5. The fourth-order valence-electron chi connectivity index (χ4n) is 5.67. The van der Waals surface area contributed by atoms with Crippen molar-refractivity contribution < 1.29 is 9.53 Å². The number of carbonyl (C=O) groups excluding carboxylic acids is 1. The van der Waals surface area contributed by atoms with Crippen molar-refractivity contribution in [3.63, 3.8) is 0 Å². The Balaban J connectivity index is 1.18. The lowest BCUT2D eigenvalue weighted by atomic mass is 9.94. The number of para-hydroxylation sites is 1. The largest absolute Gasteiger partial charge is 0.385 e. The van der Waals surface area contributed by atoms with Gasteiger partial charge in [-0.2, -0.15) is 0 Å². The number of hydrogen-bond donors (Lipinski definition) is 1. The second kappa shape index (κ2) is 12.3. The highest BCUT2D eigenvalue weighted by Crippen LogP contribution is 2.32. The van der Waals surface area contributed by atoms with Gasteiger partial charge in [0, 0.05) is 68.7 Å². The summed E-state index contributed by atoms with van der Waals surface area (Å²) in [5.74, 6) is 1.18. The van der Waals surface area contributed by atoms with Gasteiger partial charge in [-0.25, -0.2) is 4.98 Å². The fourth-order valence-corrected chi connectivity index (χ4v) is 5.67. The van der Waals surface area contributed by atoms with Crippen molar-refractivity contribution in [2.75, 3.05) is 32.5 Å². The number of carbonyl (C=O) groups is 1. The van der Waals surface area contributed by atoms with Crippen LogP contribution in [0.2, 0.25) is 0 Å². The fraction of sp³-hybridized carbons (Fsp3) is 0.375. The second-order valence-corrected chi connectivity index (χ2v) is 10.3. The first-order valence-corrected chi connectivity index (χ1v) is 13.8. The maximum Gasteiger partial charge on any atom is 0.222 e. The van der Waals surface area contributed by atoms with E-state index in [9.17, 15) is 4.79 Å². The maximum atomic E-state index is 13.2. The topological polar surface area (TPSA) is 73.4 Å². The SMILES string of the molecule is COCCCn1c(C2CCCN(C(=O)CCCc3ccc(-c4ccc(N)nc4)cc3)C2)cc2ccccc21. The van der Waals surface area contributed by atoms with Gasteiger partial charge in [0.05, 0.1) is 0 Å². The van der Waals surface area contributed by atoms with Crippen LogP contribution in [0.5, 0.6) is 0 Å². The third kappa shape index (κ3) is 6.08. The van der Waals surface area contributed by atoms with Crippen LogP contribution >= 0.6 is 0 Å². The number of nitrogens with two attached hydrogens (primary N) is 1. The third-order valence-corrected chi connectivity index (χ3v) is 7.69. The summed E-state index contributed by atoms with van der Waals surface area (Å²) in [7, 11) is 1.76. The van der Waals surface area contributed by atoms with Gasteiger partial charge in [-0.1, -0.05) is 42.5 Å². The zero-order valence-electron chi connectivity index (χ0n) is 22.3. The number of aromatic nitrogens is 2. The smallest absolute Gasteiger partial charge is 0.222 e. The van der Waals surface area contributed by atoms with E-state index in [1.165, 1.54) is 22.2 Å². The number of rotatable bonds is 10. The van der Waals surface area contributed by atoms with Gasteiger partial charge in [0.15, 0.2) is 0 Å². The predicted octanol–water partition coefficient (Wildman–Crippen LogP) is 6.05. The number of nitrogens with zero attached hydrogens (tertiary/aromatic N) is 3. The molecule has 38 heavy (non-hydrogen) atoms. The van der Waals surface area contributed by atoms with Gasteiger partial charge in [0.1, 0.15) is 5.82 Å². The van der Waals surface area contributed by atoms with Gasteiger partial charge in [0.25, 0.3) is 0 Å². The van der Waals surface area contributed by atoms with Crippen molar-refractivity contribution in [3.05, 3.63) is 84.2 Å². The number of benzene rings is 2. The Morgan fingerprint density at radius 3 is 2.66 bits per heavy atom. The molecule has 0 saturated carbocycles. The first kappa shape index (κ1) is 26.0. The predicted molar refractivity (Wildman–Crippen MR) is 154 cm³/mol. The summed E-state index contributed by atoms with van der Waals surface area (Å²) in [5, 5.41) is 1.28. The van der Waals surface area contributed by atoms with Crippen LogP contribution in [0.1, 0.15) is 49.3 Å². The van der Waals surface area contributed by atoms with Crippen LogP contribution in [-0.4, -0.2) is 47.2 Å². The van der Waals surface area contributed by atoms with E-state index in [0.29, 0.717) is 18.2 Å². The minimum absolute atomic E-state index is 0.279. The van der Waals surface area contributed by atoms with Gasteiger partial charge in [-0.05, 0) is 72.9 Å². The second-order valence-electron chi connectivity index (χ2n) is 10.3. The molecular weight excluding hydrogens is 472 g/mol. The number of likely N-dealkylation sites (tertiary alicyclic amines) is 1. The standard InChI is InChI=1S/C32H38N4O2/c1-38-20-6-19-36-29-10-3-2-8-26(29)21-30(36)28-9-5-18-35(23-28)32(37)11-4-7-24-12-14-25(15-13-24)27-16-17-31(33)34-22-27/h2-3,8,10,12-17,21-22,28H,4-7,9,11,18-20,23H2,1H3,(H2,33,34). The minimum atomic E-state index is 0.279. The molecule has 1 atom stereocenters. The normalized spacial score (nSPS) is 15.7. The van der Waals surface area contributed by atoms with E-state index in [2.05, 4.69) is 69.0 Å². The van der Waals surface area contributed by atoms with Crippen molar-refractivity contribution in [1.29, 1.82) is 0 Å². The molecule has 5 rings (SSSR count). The van der Waals surface area contributed by atoms with Crippen LogP contribution in [0, 0.1) is 0 Å². The number of anilines is 1. The van der Waals surface area contributed by atoms with Crippen LogP contribution in [0.4, 0.5) is 5.82 Å². The Kier molecular flexibility index (Phi) is 8.39. The molecule has 1 amide bonds. The number of aryl methyl sites for hydroxylation is 2. The Bertz CT molecular complexity index is 1340. The Morgan fingerprint density at radius 2 is 1.87 bits per heavy atom. The molecule has 2 N–H and O–H groups in total. The summed E-state index contributed by atoms with van der Waals surface area (Å²) in [6, 6.07) is 23.3. The summed E-state index contributed by atoms with van der Waals surface area (Å²) in [6.07, 6.45) is 7.31. The number of fused-ring (bicyclic) bond motifs is 1. The van der Waals surface area contributed by atoms with Gasteiger partial charge in [-0.3, -0.25) is 4.79 Å². The van der Waals surface area contributed by atoms with Crippen molar-refractivity contribution in [2.45, 2.75) is 51.0 Å². The zero-order chi connectivity index (χ0) is 26.3. The highest BCUT2D eigenvalue weighted by atomic mass is 16.5. The van der Waals surface area contributed by atoms with Crippen LogP contribution in [0.25, 0.3) is 22.0 Å². The number of methoxy groups -OCH3 is 1. The molecule has 3 heterocycles. The Hall–Kier alpha value is -3.64. The van der Waals surface area contributed by atoms with E-state index in [1.807, 2.05) is 12.1 Å². The molecule has 0 bridgehead atoms. The molecule has 0 aliphatic carbocycles. The number of piperidine rings is 1. The first-order valence-electron chi connectivity index (χ1n) is 13.8. The molecule has 1 aliphatic rings. The molecule has 1 saturated heterocycles. The zero-order valence-corrected chi connectivity index (χ0v) is 22.3. The van der Waals surface area contributed by atoms with Crippen LogP contribution in [-0.2, 0) is 22.5 Å². The highest BCUT2D eigenvalue weighted by Gasteiger charge is 2.27. The van der Waals surface area contributed by atoms with E-state index in [1.54, 1.807) is 13.3 Å². The average Bonchev–Trinajstić information content (AvgIpc) is 3.33. The van der Waals surface area contributed by atoms with Gasteiger partial charge < -0.3 is 19.9 Å². The number of ether oxygens (including phenoxy) is 1. The van der Waals surface area contributed by atoms with Crippen LogP contribution in [0.15, 0.2) is 72.9 Å². The van der Waals surface area contributed by atoms with Crippen molar-refractivity contribution in [1.82, 2.24) is 14.5 Å². The molecule has 1 unspecified atom stereocenters. The maximum absolute atomic E-state index is 13.2. The van der Waals surface area contributed by atoms with Gasteiger partial charge in [0.2, 0.25) is 5.91 Å². The quantitative estimate of drug-likeness (QED) is 0.264. The van der Waals surface area contributed by atoms with Gasteiger partial charge >= 0.3 is 0 Å². The molecule has 6 heteroatoms. The van der Waals surface area contributed by atoms with Crippen molar-refractivity contribution in [3.8, 4) is 11.1 Å². The summed E-state index contributed by atoms with van der Waals surface area (Å²) in [5.41, 5.74) is 11.8. The van der Waals surface area contributed by atoms with Crippen molar-refractivity contribution in [2.24, 2.45) is 0 Å². The van der Waals surface area contributed by atoms with E-state index in [-0.39, 0.29) is 5.91 Å². The highest BCUT2D eigenvalue weighted by molar-refractivity contribution is 5.81. The number of pyridine rings is 1. The molecule has 198 valence electrons. The molecule has 0 radical (unpaired) electrons. The lowest BCUT2D eigenvalue weighted by Gasteiger charge is -2.33. The number of amides is 1. The average molecular weight is 511 g/mol. The van der Waals surface area contributed by atoms with Crippen molar-refractivity contribution >= 4 is 22.6 Å². The summed E-state index contributed by atoms with van der Waals surface area (Å²) in [6.45, 7) is 3.37. The molecule has 0 spiro atoms. The van der Waals surface area contributed by atoms with E-state index in [4.69, 9.17) is 10.5 Å². The van der Waals surface area contributed by atoms with Crippen LogP contribution < -0.4 is 5.73 Å². The lowest BCUT2D eigenvalue weighted by molar-refractivity contribution is -0.132. The first-order chi connectivity index (χ1) is 18.6. The molecule has 1 fully saturated rings. The van der Waals surface area contributed by atoms with E-state index < -0.39 is 0 Å². The molecule has 2 aromatic carbocycles. The minimum Gasteiger partial charge on any atom is -0.385 e. The molecule has 2 aromatic heterocycles. The molecule has 4 aromatic rings. The number of nitrogen functional groups attached to an aromatic ring is 1. The molecular formula is C32H38N4O2. The van der Waals surface area contributed by atoms with Gasteiger partial charge in [-0.15, -0.1) is 0 Å². The lowest BCUT2D eigenvalue weighted by Crippen LogP contribution is -2.39. The summed E-state index contributed by atoms with van der Waals surface area (Å²) < 4.78 is 7.77. The van der Waals surface area contributed by atoms with E-state index >= 15 is 0 Å². The molecule has 6 nitrogen and oxygen atoms in total. The van der Waals surface area contributed by atoms with E-state index in [0.717, 1.165) is 69.5 Å². The monoisotopic (exact) mass is 510 g/mol. The summed E-state index contributed by atoms with van der Waals surface area (Å²) >= 11 is 0. The third-order valence-electron chi connectivity index (χ3n) is 7.69. The Morgan fingerprint density at radius 1 is 1.05 bits per heavy atom. The van der Waals surface area contributed by atoms with Crippen LogP contribution in [0.3, 0.4) is 0 Å². The number of hydrogen-bond acceptors (Lipinski definition) is 4. The Labute approximate surface area is 225 Å².